The third kappa shape index (κ3) is 1.54. The molecule has 2 aromatic heterocycles. The molecule has 2 aromatic rings. The molecule has 0 aliphatic carbocycles. The van der Waals surface area contributed by atoms with Crippen molar-refractivity contribution in [1.29, 1.82) is 5.26 Å². The molecule has 0 unspecified atom stereocenters. The predicted octanol–water partition coefficient (Wildman–Crippen LogP) is 0.730. The molecule has 0 fully saturated rings. The topological polar surface area (TPSA) is 89.8 Å². The van der Waals surface area contributed by atoms with Crippen molar-refractivity contribution < 1.29 is 4.74 Å². The second-order valence-electron chi connectivity index (χ2n) is 3.00. The van der Waals surface area contributed by atoms with E-state index in [1.54, 1.807) is 22.9 Å². The van der Waals surface area contributed by atoms with E-state index in [0.717, 1.165) is 0 Å². The zero-order valence-corrected chi connectivity index (χ0v) is 8.58. The van der Waals surface area contributed by atoms with Crippen LogP contribution < -0.4 is 10.5 Å². The quantitative estimate of drug-likeness (QED) is 0.797. The molecule has 0 saturated carbocycles. The third-order valence-corrected chi connectivity index (χ3v) is 2.06. The first kappa shape index (κ1) is 9.98. The molecular weight excluding hydrogens is 206 g/mol. The summed E-state index contributed by atoms with van der Waals surface area (Å²) in [7, 11) is 1.49. The van der Waals surface area contributed by atoms with Crippen LogP contribution in [0.4, 0.5) is 5.69 Å². The monoisotopic (exact) mass is 215 g/mol. The van der Waals surface area contributed by atoms with Crippen molar-refractivity contribution in [2.75, 3.05) is 12.8 Å². The zero-order valence-electron chi connectivity index (χ0n) is 8.58. The Labute approximate surface area is 91.9 Å². The van der Waals surface area contributed by atoms with Gasteiger partial charge in [0.05, 0.1) is 12.8 Å². The maximum Gasteiger partial charge on any atom is 0.238 e. The highest BCUT2D eigenvalue weighted by Crippen LogP contribution is 2.20. The summed E-state index contributed by atoms with van der Waals surface area (Å²) in [4.78, 5) is 8.05. The van der Waals surface area contributed by atoms with Gasteiger partial charge in [-0.1, -0.05) is 0 Å². The Morgan fingerprint density at radius 3 is 3.00 bits per heavy atom. The number of nitrogens with zero attached hydrogens (tertiary/aromatic N) is 4. The normalized spacial score (nSPS) is 9.75. The van der Waals surface area contributed by atoms with Crippen molar-refractivity contribution in [3.8, 4) is 17.8 Å². The summed E-state index contributed by atoms with van der Waals surface area (Å²) >= 11 is 0. The minimum Gasteiger partial charge on any atom is -0.479 e. The van der Waals surface area contributed by atoms with Gasteiger partial charge in [-0.05, 0) is 12.1 Å². The van der Waals surface area contributed by atoms with Crippen molar-refractivity contribution in [2.45, 2.75) is 0 Å². The maximum atomic E-state index is 8.83. The second-order valence-corrected chi connectivity index (χ2v) is 3.00. The lowest BCUT2D eigenvalue weighted by atomic mass is 10.4. The Bertz CT molecular complexity index is 555. The number of nitrogens with two attached hydrogens (primary N) is 1. The summed E-state index contributed by atoms with van der Waals surface area (Å²) in [6, 6.07) is 5.33. The SMILES string of the molecule is COc1nc(-n2ccnc2C#N)ccc1N. The molecule has 6 nitrogen and oxygen atoms in total. The molecule has 2 N–H and O–H groups in total. The van der Waals surface area contributed by atoms with Gasteiger partial charge in [0.25, 0.3) is 0 Å². The summed E-state index contributed by atoms with van der Waals surface area (Å²) in [5.41, 5.74) is 6.10. The third-order valence-electron chi connectivity index (χ3n) is 2.06. The Morgan fingerprint density at radius 1 is 1.50 bits per heavy atom. The summed E-state index contributed by atoms with van der Waals surface area (Å²) in [6.45, 7) is 0. The van der Waals surface area contributed by atoms with Crippen LogP contribution in [0, 0.1) is 11.3 Å². The first-order valence-corrected chi connectivity index (χ1v) is 4.50. The highest BCUT2D eigenvalue weighted by Gasteiger charge is 2.08. The molecular formula is C10H9N5O. The summed E-state index contributed by atoms with van der Waals surface area (Å²) in [6.07, 6.45) is 3.18. The van der Waals surface area contributed by atoms with E-state index in [0.29, 0.717) is 17.4 Å². The van der Waals surface area contributed by atoms with E-state index in [1.165, 1.54) is 13.3 Å². The molecule has 0 radical (unpaired) electrons. The van der Waals surface area contributed by atoms with E-state index < -0.39 is 0 Å². The van der Waals surface area contributed by atoms with Gasteiger partial charge < -0.3 is 10.5 Å². The Morgan fingerprint density at radius 2 is 2.31 bits per heavy atom. The van der Waals surface area contributed by atoms with Crippen LogP contribution in [0.15, 0.2) is 24.5 Å². The fourth-order valence-electron chi connectivity index (χ4n) is 1.31. The Kier molecular flexibility index (Phi) is 2.44. The molecule has 0 spiro atoms. The van der Waals surface area contributed by atoms with E-state index in [1.807, 2.05) is 6.07 Å². The van der Waals surface area contributed by atoms with Crippen LogP contribution in [0.5, 0.6) is 5.88 Å². The molecule has 80 valence electrons. The lowest BCUT2D eigenvalue weighted by molar-refractivity contribution is 0.399. The van der Waals surface area contributed by atoms with Crippen LogP contribution in [-0.2, 0) is 0 Å². The largest absolute Gasteiger partial charge is 0.479 e. The average Bonchev–Trinajstić information content (AvgIpc) is 2.78. The molecule has 2 heterocycles. The molecule has 0 amide bonds. The highest BCUT2D eigenvalue weighted by molar-refractivity contribution is 5.51. The van der Waals surface area contributed by atoms with Gasteiger partial charge in [0, 0.05) is 12.4 Å². The average molecular weight is 215 g/mol. The van der Waals surface area contributed by atoms with Crippen molar-refractivity contribution in [3.63, 3.8) is 0 Å². The van der Waals surface area contributed by atoms with Gasteiger partial charge in [0.15, 0.2) is 0 Å². The van der Waals surface area contributed by atoms with Crippen molar-refractivity contribution >= 4 is 5.69 Å². The number of pyridine rings is 1. The van der Waals surface area contributed by atoms with E-state index in [2.05, 4.69) is 9.97 Å². The fraction of sp³-hybridized carbons (Fsp3) is 0.100. The number of nitriles is 1. The molecule has 6 heteroatoms. The summed E-state index contributed by atoms with van der Waals surface area (Å²) in [5.74, 6) is 1.13. The number of imidazole rings is 1. The number of hydrogen-bond acceptors (Lipinski definition) is 5. The number of nitrogen functional groups attached to an aromatic ring is 1. The number of methoxy groups -OCH3 is 1. The van der Waals surface area contributed by atoms with Crippen LogP contribution in [0.25, 0.3) is 5.82 Å². The van der Waals surface area contributed by atoms with Crippen LogP contribution in [0.3, 0.4) is 0 Å². The maximum absolute atomic E-state index is 8.83. The van der Waals surface area contributed by atoms with E-state index in [-0.39, 0.29) is 5.82 Å². The molecule has 0 aliphatic heterocycles. The number of aromatic nitrogens is 3. The molecule has 0 bridgehead atoms. The number of rotatable bonds is 2. The van der Waals surface area contributed by atoms with E-state index >= 15 is 0 Å². The molecule has 0 saturated heterocycles. The van der Waals surface area contributed by atoms with Crippen LogP contribution in [-0.4, -0.2) is 21.6 Å². The highest BCUT2D eigenvalue weighted by atomic mass is 16.5. The van der Waals surface area contributed by atoms with Gasteiger partial charge in [-0.25, -0.2) is 4.98 Å². The van der Waals surface area contributed by atoms with E-state index in [9.17, 15) is 0 Å². The lowest BCUT2D eigenvalue weighted by Gasteiger charge is -2.06. The number of ether oxygens (including phenoxy) is 1. The van der Waals surface area contributed by atoms with Gasteiger partial charge in [-0.3, -0.25) is 4.57 Å². The summed E-state index contributed by atoms with van der Waals surface area (Å²) < 4.78 is 6.56. The molecule has 0 atom stereocenters. The lowest BCUT2D eigenvalue weighted by Crippen LogP contribution is -2.03. The zero-order chi connectivity index (χ0) is 11.5. The molecule has 2 rings (SSSR count). The minimum absolute atomic E-state index is 0.263. The first-order chi connectivity index (χ1) is 7.76. The van der Waals surface area contributed by atoms with Crippen molar-refractivity contribution in [1.82, 2.24) is 14.5 Å². The van der Waals surface area contributed by atoms with Crippen LogP contribution >= 0.6 is 0 Å². The van der Waals surface area contributed by atoms with Crippen molar-refractivity contribution in [2.24, 2.45) is 0 Å². The first-order valence-electron chi connectivity index (χ1n) is 4.50. The van der Waals surface area contributed by atoms with Gasteiger partial charge in [-0.2, -0.15) is 10.2 Å². The van der Waals surface area contributed by atoms with Gasteiger partial charge in [0.2, 0.25) is 11.7 Å². The molecule has 16 heavy (non-hydrogen) atoms. The Balaban J connectivity index is 2.53. The van der Waals surface area contributed by atoms with Crippen LogP contribution in [0.1, 0.15) is 5.82 Å². The van der Waals surface area contributed by atoms with Gasteiger partial charge in [0.1, 0.15) is 11.9 Å². The van der Waals surface area contributed by atoms with Gasteiger partial charge >= 0.3 is 0 Å². The second kappa shape index (κ2) is 3.90. The number of hydrogen-bond donors (Lipinski definition) is 1. The van der Waals surface area contributed by atoms with E-state index in [4.69, 9.17) is 15.7 Å². The molecule has 0 aromatic carbocycles. The molecule has 0 aliphatic rings. The predicted molar refractivity (Wildman–Crippen MR) is 57.0 cm³/mol. The number of anilines is 1. The van der Waals surface area contributed by atoms with Crippen LogP contribution in [0.2, 0.25) is 0 Å². The fourth-order valence-corrected chi connectivity index (χ4v) is 1.31. The summed E-state index contributed by atoms with van der Waals surface area (Å²) in [5, 5.41) is 8.83. The Hall–Kier alpha value is -2.55. The smallest absolute Gasteiger partial charge is 0.238 e. The van der Waals surface area contributed by atoms with Crippen molar-refractivity contribution in [3.05, 3.63) is 30.4 Å². The van der Waals surface area contributed by atoms with Gasteiger partial charge in [-0.15, -0.1) is 0 Å². The minimum atomic E-state index is 0.263. The standard InChI is InChI=1S/C10H9N5O/c1-16-10-7(12)2-3-8(14-10)15-5-4-13-9(15)6-11/h2-5H,12H2,1H3.